The molecule has 1 amide bonds. The second-order valence-corrected chi connectivity index (χ2v) is 12.6. The van der Waals surface area contributed by atoms with E-state index in [9.17, 15) is 9.90 Å². The Hall–Kier alpha value is -3.39. The number of rotatable bonds is 9. The maximum absolute atomic E-state index is 12.7. The van der Waals surface area contributed by atoms with Crippen LogP contribution in [0.25, 0.3) is 16.8 Å². The highest BCUT2D eigenvalue weighted by molar-refractivity contribution is 5.97. The fourth-order valence-corrected chi connectivity index (χ4v) is 6.64. The quantitative estimate of drug-likeness (QED) is 0.268. The molecule has 4 N–H and O–H groups in total. The van der Waals surface area contributed by atoms with Gasteiger partial charge in [0.05, 0.1) is 12.8 Å². The molecule has 40 heavy (non-hydrogen) atoms. The van der Waals surface area contributed by atoms with Gasteiger partial charge < -0.3 is 21.1 Å². The molecule has 2 unspecified atom stereocenters. The van der Waals surface area contributed by atoms with Crippen LogP contribution in [-0.4, -0.2) is 50.8 Å². The summed E-state index contributed by atoms with van der Waals surface area (Å²) in [4.78, 5) is 17.7. The van der Waals surface area contributed by atoms with E-state index in [0.717, 1.165) is 90.9 Å². The summed E-state index contributed by atoms with van der Waals surface area (Å²) < 4.78 is 1.89. The molecule has 0 aliphatic heterocycles. The van der Waals surface area contributed by atoms with E-state index in [-0.39, 0.29) is 17.9 Å². The van der Waals surface area contributed by atoms with Gasteiger partial charge >= 0.3 is 0 Å². The molecule has 2 heterocycles. The van der Waals surface area contributed by atoms with Crippen LogP contribution >= 0.6 is 0 Å². The first kappa shape index (κ1) is 25.6. The molecule has 1 aromatic carbocycles. The van der Waals surface area contributed by atoms with E-state index < -0.39 is 0 Å². The van der Waals surface area contributed by atoms with E-state index in [2.05, 4.69) is 34.2 Å². The molecule has 0 bridgehead atoms. The summed E-state index contributed by atoms with van der Waals surface area (Å²) in [5, 5.41) is 25.7. The van der Waals surface area contributed by atoms with E-state index in [1.165, 1.54) is 12.8 Å². The van der Waals surface area contributed by atoms with Crippen LogP contribution in [0.15, 0.2) is 42.1 Å². The number of aliphatic hydroxyl groups excluding tert-OH is 1. The first-order valence-corrected chi connectivity index (χ1v) is 15.1. The van der Waals surface area contributed by atoms with Gasteiger partial charge in [0.2, 0.25) is 0 Å². The van der Waals surface area contributed by atoms with Gasteiger partial charge in [-0.25, -0.2) is 4.98 Å². The van der Waals surface area contributed by atoms with Gasteiger partial charge in [-0.15, -0.1) is 0 Å². The first-order chi connectivity index (χ1) is 19.5. The van der Waals surface area contributed by atoms with Gasteiger partial charge in [0.1, 0.15) is 11.6 Å². The number of aliphatic hydroxyl groups is 1. The number of aromatic nitrogens is 3. The molecule has 0 radical (unpaired) electrons. The number of aryl methyl sites for hydroxylation is 1. The van der Waals surface area contributed by atoms with Crippen molar-refractivity contribution >= 4 is 23.2 Å². The molecule has 210 valence electrons. The van der Waals surface area contributed by atoms with Crippen molar-refractivity contribution in [1.29, 1.82) is 0 Å². The number of amides is 1. The Morgan fingerprint density at radius 1 is 1.10 bits per heavy atom. The highest BCUT2D eigenvalue weighted by atomic mass is 16.3. The maximum Gasteiger partial charge on any atom is 0.251 e. The Kier molecular flexibility index (Phi) is 6.53. The number of anilines is 2. The van der Waals surface area contributed by atoms with Crippen molar-refractivity contribution in [3.05, 3.63) is 53.2 Å². The van der Waals surface area contributed by atoms with Crippen LogP contribution in [0.4, 0.5) is 11.6 Å². The second kappa shape index (κ2) is 10.2. The Labute approximate surface area is 235 Å². The molecule has 0 spiro atoms. The molecule has 4 aliphatic rings. The monoisotopic (exact) mass is 540 g/mol. The number of hydrogen-bond donors (Lipinski definition) is 4. The number of fused-ring (bicyclic) bond motifs is 2. The Balaban J connectivity index is 1.20. The predicted molar refractivity (Wildman–Crippen MR) is 158 cm³/mol. The van der Waals surface area contributed by atoms with Crippen LogP contribution in [0, 0.1) is 18.3 Å². The minimum atomic E-state index is -0.132. The third kappa shape index (κ3) is 5.09. The van der Waals surface area contributed by atoms with Crippen molar-refractivity contribution < 1.29 is 9.90 Å². The lowest BCUT2D eigenvalue weighted by Crippen LogP contribution is -2.34. The van der Waals surface area contributed by atoms with Crippen LogP contribution in [0.5, 0.6) is 0 Å². The second-order valence-electron chi connectivity index (χ2n) is 12.6. The zero-order valence-corrected chi connectivity index (χ0v) is 23.4. The van der Waals surface area contributed by atoms with Gasteiger partial charge in [-0.3, -0.25) is 4.79 Å². The van der Waals surface area contributed by atoms with Crippen molar-refractivity contribution in [1.82, 2.24) is 19.9 Å². The Bertz CT molecular complexity index is 1470. The van der Waals surface area contributed by atoms with Crippen molar-refractivity contribution in [2.75, 3.05) is 23.8 Å². The summed E-state index contributed by atoms with van der Waals surface area (Å²) in [6.45, 7) is 2.88. The smallest absolute Gasteiger partial charge is 0.251 e. The van der Waals surface area contributed by atoms with Crippen LogP contribution in [0.3, 0.4) is 0 Å². The van der Waals surface area contributed by atoms with Crippen molar-refractivity contribution in [3.63, 3.8) is 0 Å². The van der Waals surface area contributed by atoms with Crippen molar-refractivity contribution in [2.24, 2.45) is 11.3 Å². The summed E-state index contributed by atoms with van der Waals surface area (Å²) in [6, 6.07) is 8.83. The minimum absolute atomic E-state index is 0.00370. The number of hydrogen-bond acceptors (Lipinski definition) is 6. The van der Waals surface area contributed by atoms with Gasteiger partial charge in [0.15, 0.2) is 5.65 Å². The summed E-state index contributed by atoms with van der Waals surface area (Å²) in [7, 11) is 0. The first-order valence-electron chi connectivity index (χ1n) is 15.1. The Morgan fingerprint density at radius 2 is 1.95 bits per heavy atom. The van der Waals surface area contributed by atoms with Gasteiger partial charge in [0.25, 0.3) is 5.91 Å². The topological polar surface area (TPSA) is 104 Å². The number of benzene rings is 1. The van der Waals surface area contributed by atoms with Gasteiger partial charge in [-0.1, -0.05) is 36.6 Å². The zero-order valence-electron chi connectivity index (χ0n) is 23.4. The average Bonchev–Trinajstić information content (AvgIpc) is 3.83. The van der Waals surface area contributed by atoms with Crippen LogP contribution in [0.1, 0.15) is 80.1 Å². The lowest BCUT2D eigenvalue weighted by molar-refractivity contribution is 0.0950. The highest BCUT2D eigenvalue weighted by Gasteiger charge is 2.38. The molecule has 0 saturated heterocycles. The van der Waals surface area contributed by atoms with Crippen LogP contribution in [-0.2, 0) is 0 Å². The molecule has 4 aliphatic carbocycles. The SMILES string of the molecule is Cc1cc(-c2cnn3c(NCC4(CO)CCC5=CC5CC4)cc(NC4CCCC4)nc23)ccc1C(=O)NC1CC1. The maximum atomic E-state index is 12.7. The molecule has 2 atom stereocenters. The van der Waals surface area contributed by atoms with Gasteiger partial charge in [-0.05, 0) is 81.4 Å². The van der Waals surface area contributed by atoms with E-state index in [1.807, 2.05) is 29.8 Å². The molecule has 3 aromatic rings. The number of carbonyl (C=O) groups is 1. The van der Waals surface area contributed by atoms with E-state index >= 15 is 0 Å². The zero-order chi connectivity index (χ0) is 27.3. The third-order valence-corrected chi connectivity index (χ3v) is 9.57. The van der Waals surface area contributed by atoms with Crippen LogP contribution < -0.4 is 16.0 Å². The Morgan fingerprint density at radius 3 is 2.73 bits per heavy atom. The number of carbonyl (C=O) groups excluding carboxylic acids is 1. The van der Waals surface area contributed by atoms with Gasteiger partial charge in [0, 0.05) is 41.2 Å². The largest absolute Gasteiger partial charge is 0.396 e. The van der Waals surface area contributed by atoms with E-state index in [1.54, 1.807) is 5.57 Å². The molecule has 2 aromatic heterocycles. The van der Waals surface area contributed by atoms with Gasteiger partial charge in [-0.2, -0.15) is 9.61 Å². The highest BCUT2D eigenvalue weighted by Crippen LogP contribution is 2.47. The van der Waals surface area contributed by atoms with Crippen molar-refractivity contribution in [2.45, 2.75) is 83.2 Å². The third-order valence-electron chi connectivity index (χ3n) is 9.57. The lowest BCUT2D eigenvalue weighted by Gasteiger charge is -2.31. The van der Waals surface area contributed by atoms with Crippen LogP contribution in [0.2, 0.25) is 0 Å². The normalized spacial score (nSPS) is 24.4. The fraction of sp³-hybridized carbons (Fsp3) is 0.531. The summed E-state index contributed by atoms with van der Waals surface area (Å²) in [5.41, 5.74) is 5.83. The summed E-state index contributed by atoms with van der Waals surface area (Å²) in [6.07, 6.45) is 15.5. The van der Waals surface area contributed by atoms with E-state index in [0.29, 0.717) is 24.5 Å². The standard InChI is InChI=1S/C32H40N6O2/c1-20-14-23(6-9-26(20)31(40)36-25-7-8-25)27-17-34-38-29(16-28(37-30(27)38)35-24-4-2-3-5-24)33-18-32(19-39)12-10-21-15-22(21)11-13-32/h6,9,14-17,21,24-25,33,39H,2-5,7-8,10-13,18-19H2,1H3,(H,35,37)(H,36,40). The molecule has 8 heteroatoms. The molecule has 3 fully saturated rings. The summed E-state index contributed by atoms with van der Waals surface area (Å²) >= 11 is 0. The molecule has 7 rings (SSSR count). The number of allylic oxidation sites excluding steroid dienone is 2. The number of nitrogens with zero attached hydrogens (tertiary/aromatic N) is 3. The number of nitrogens with one attached hydrogen (secondary N) is 3. The fourth-order valence-electron chi connectivity index (χ4n) is 6.64. The van der Waals surface area contributed by atoms with E-state index in [4.69, 9.17) is 10.1 Å². The summed E-state index contributed by atoms with van der Waals surface area (Å²) in [5.74, 6) is 2.41. The van der Waals surface area contributed by atoms with Crippen molar-refractivity contribution in [3.8, 4) is 11.1 Å². The molecule has 8 nitrogen and oxygen atoms in total. The molecular formula is C32H40N6O2. The predicted octanol–water partition coefficient (Wildman–Crippen LogP) is 5.47. The molecule has 3 saturated carbocycles. The minimum Gasteiger partial charge on any atom is -0.396 e. The lowest BCUT2D eigenvalue weighted by atomic mass is 9.80. The average molecular weight is 541 g/mol. The molecular weight excluding hydrogens is 500 g/mol.